The van der Waals surface area contributed by atoms with Crippen LogP contribution in [-0.2, 0) is 0 Å². The highest BCUT2D eigenvalue weighted by Crippen LogP contribution is 2.69. The van der Waals surface area contributed by atoms with E-state index in [2.05, 4.69) is 34.6 Å². The fourth-order valence-electron chi connectivity index (χ4n) is 6.13. The average Bonchev–Trinajstić information content (AvgIpc) is 2.27. The van der Waals surface area contributed by atoms with E-state index in [1.165, 1.54) is 12.8 Å². The zero-order valence-electron chi connectivity index (χ0n) is 13.1. The van der Waals surface area contributed by atoms with E-state index >= 15 is 0 Å². The summed E-state index contributed by atoms with van der Waals surface area (Å²) in [5.74, 6) is 5.36. The summed E-state index contributed by atoms with van der Waals surface area (Å²) in [4.78, 5) is 0. The summed E-state index contributed by atoms with van der Waals surface area (Å²) in [5, 5.41) is 0. The molecule has 5 aliphatic carbocycles. The Morgan fingerprint density at radius 3 is 2.28 bits per heavy atom. The highest BCUT2D eigenvalue weighted by molar-refractivity contribution is 5.10. The van der Waals surface area contributed by atoms with Crippen molar-refractivity contribution in [1.82, 2.24) is 0 Å². The molecule has 4 bridgehead atoms. The van der Waals surface area contributed by atoms with E-state index in [0.717, 1.165) is 35.0 Å². The van der Waals surface area contributed by atoms with Crippen LogP contribution in [0.15, 0.2) is 0 Å². The third-order valence-corrected chi connectivity index (χ3v) is 7.28. The minimum Gasteiger partial charge on any atom is -0.0649 e. The van der Waals surface area contributed by atoms with Gasteiger partial charge in [0.05, 0.1) is 0 Å². The first-order chi connectivity index (χ1) is 8.37. The Bertz CT molecular complexity index is 301. The normalized spacial score (nSPS) is 47.8. The molecule has 5 aliphatic rings. The summed E-state index contributed by atoms with van der Waals surface area (Å²) in [6.07, 6.45) is 9.07. The van der Waals surface area contributed by atoms with Gasteiger partial charge >= 0.3 is 0 Å². The molecule has 0 aromatic carbocycles. The van der Waals surface area contributed by atoms with Gasteiger partial charge in [-0.05, 0) is 72.5 Å². The molecule has 0 nitrogen and oxygen atoms in total. The Balaban J connectivity index is 1.75. The molecule has 104 valence electrons. The lowest BCUT2D eigenvalue weighted by Gasteiger charge is -2.67. The predicted molar refractivity (Wildman–Crippen MR) is 78.4 cm³/mol. The molecule has 5 saturated carbocycles. The molecule has 4 unspecified atom stereocenters. The topological polar surface area (TPSA) is 0 Å². The molecule has 0 amide bonds. The lowest BCUT2D eigenvalue weighted by molar-refractivity contribution is -0.178. The van der Waals surface area contributed by atoms with E-state index in [-0.39, 0.29) is 0 Å². The van der Waals surface area contributed by atoms with Crippen molar-refractivity contribution in [3.8, 4) is 0 Å². The van der Waals surface area contributed by atoms with Crippen LogP contribution in [0, 0.1) is 40.4 Å². The molecule has 5 rings (SSSR count). The summed E-state index contributed by atoms with van der Waals surface area (Å²) < 4.78 is 0. The van der Waals surface area contributed by atoms with Crippen LogP contribution in [-0.4, -0.2) is 0 Å². The molecule has 18 heavy (non-hydrogen) atoms. The van der Waals surface area contributed by atoms with Crippen molar-refractivity contribution in [2.75, 3.05) is 0 Å². The molecule has 4 atom stereocenters. The van der Waals surface area contributed by atoms with E-state index in [4.69, 9.17) is 0 Å². The van der Waals surface area contributed by atoms with E-state index in [1.807, 2.05) is 0 Å². The van der Waals surface area contributed by atoms with E-state index in [1.54, 1.807) is 25.7 Å². The number of hydrogen-bond donors (Lipinski definition) is 0. The van der Waals surface area contributed by atoms with Gasteiger partial charge in [0.15, 0.2) is 0 Å². The van der Waals surface area contributed by atoms with Gasteiger partial charge in [0.1, 0.15) is 0 Å². The SMILES string of the molecule is CCC(C)(C)CC(C)C12CC(C)C3C(CC3C1)C2. The fourth-order valence-corrected chi connectivity index (χ4v) is 6.13. The van der Waals surface area contributed by atoms with Gasteiger partial charge in [-0.3, -0.25) is 0 Å². The smallest absolute Gasteiger partial charge is 0.0263 e. The van der Waals surface area contributed by atoms with Crippen LogP contribution < -0.4 is 0 Å². The Morgan fingerprint density at radius 2 is 1.78 bits per heavy atom. The summed E-state index contributed by atoms with van der Waals surface area (Å²) >= 11 is 0. The summed E-state index contributed by atoms with van der Waals surface area (Å²) in [7, 11) is 0. The summed E-state index contributed by atoms with van der Waals surface area (Å²) in [6, 6.07) is 0. The lowest BCUT2D eigenvalue weighted by Crippen LogP contribution is -2.59. The van der Waals surface area contributed by atoms with E-state index in [0.29, 0.717) is 5.41 Å². The van der Waals surface area contributed by atoms with Crippen molar-refractivity contribution < 1.29 is 0 Å². The lowest BCUT2D eigenvalue weighted by atomic mass is 9.38. The monoisotopic (exact) mass is 248 g/mol. The molecular weight excluding hydrogens is 216 g/mol. The molecule has 5 fully saturated rings. The third kappa shape index (κ3) is 1.78. The van der Waals surface area contributed by atoms with Crippen LogP contribution >= 0.6 is 0 Å². The zero-order valence-corrected chi connectivity index (χ0v) is 13.1. The van der Waals surface area contributed by atoms with Crippen molar-refractivity contribution in [1.29, 1.82) is 0 Å². The van der Waals surface area contributed by atoms with Crippen LogP contribution in [0.2, 0.25) is 0 Å². The van der Waals surface area contributed by atoms with E-state index < -0.39 is 0 Å². The van der Waals surface area contributed by atoms with Crippen molar-refractivity contribution >= 4 is 0 Å². The van der Waals surface area contributed by atoms with Crippen molar-refractivity contribution in [2.45, 2.75) is 73.1 Å². The van der Waals surface area contributed by atoms with Crippen LogP contribution in [0.25, 0.3) is 0 Å². The Morgan fingerprint density at radius 1 is 1.17 bits per heavy atom. The number of rotatable bonds is 4. The Labute approximate surface area is 114 Å². The van der Waals surface area contributed by atoms with E-state index in [9.17, 15) is 0 Å². The first-order valence-corrected chi connectivity index (χ1v) is 8.37. The van der Waals surface area contributed by atoms with Crippen LogP contribution in [0.1, 0.15) is 73.1 Å². The number of fused-ring (bicyclic) bond motifs is 1. The standard InChI is InChI=1S/C18H32/c1-6-17(4,5)9-13(3)18-8-12(2)16-14(10-18)7-15(16)11-18/h12-16H,6-11H2,1-5H3. The highest BCUT2D eigenvalue weighted by Gasteiger charge is 2.61. The summed E-state index contributed by atoms with van der Waals surface area (Å²) in [6.45, 7) is 12.4. The molecule has 0 saturated heterocycles. The van der Waals surface area contributed by atoms with Gasteiger partial charge in [-0.15, -0.1) is 0 Å². The third-order valence-electron chi connectivity index (χ3n) is 7.28. The first-order valence-electron chi connectivity index (χ1n) is 8.37. The van der Waals surface area contributed by atoms with Gasteiger partial charge in [0.25, 0.3) is 0 Å². The van der Waals surface area contributed by atoms with Gasteiger partial charge in [0.2, 0.25) is 0 Å². The molecule has 0 aliphatic heterocycles. The fraction of sp³-hybridized carbons (Fsp3) is 1.00. The average molecular weight is 248 g/mol. The molecule has 0 aromatic rings. The van der Waals surface area contributed by atoms with Crippen LogP contribution in [0.4, 0.5) is 0 Å². The van der Waals surface area contributed by atoms with Gasteiger partial charge in [-0.1, -0.05) is 41.0 Å². The van der Waals surface area contributed by atoms with Gasteiger partial charge in [-0.25, -0.2) is 0 Å². The first kappa shape index (κ1) is 13.0. The second-order valence-corrected chi connectivity index (χ2v) is 8.91. The number of hydrogen-bond acceptors (Lipinski definition) is 0. The maximum atomic E-state index is 2.58. The molecule has 0 heterocycles. The van der Waals surface area contributed by atoms with Crippen molar-refractivity contribution in [2.24, 2.45) is 40.4 Å². The molecule has 0 radical (unpaired) electrons. The Kier molecular flexibility index (Phi) is 2.89. The van der Waals surface area contributed by atoms with Crippen molar-refractivity contribution in [3.63, 3.8) is 0 Å². The molecule has 0 aromatic heterocycles. The second-order valence-electron chi connectivity index (χ2n) is 8.91. The maximum absolute atomic E-state index is 2.58. The molecule has 0 spiro atoms. The molecule has 0 N–H and O–H groups in total. The molecular formula is C18H32. The Hall–Kier alpha value is 0. The zero-order chi connectivity index (χ0) is 13.1. The second kappa shape index (κ2) is 4.00. The highest BCUT2D eigenvalue weighted by atomic mass is 14.7. The summed E-state index contributed by atoms with van der Waals surface area (Å²) in [5.41, 5.74) is 1.30. The van der Waals surface area contributed by atoms with Gasteiger partial charge in [0, 0.05) is 0 Å². The van der Waals surface area contributed by atoms with Crippen molar-refractivity contribution in [3.05, 3.63) is 0 Å². The minimum atomic E-state index is 0.551. The van der Waals surface area contributed by atoms with Crippen LogP contribution in [0.3, 0.4) is 0 Å². The predicted octanol–water partition coefficient (Wildman–Crippen LogP) is 5.52. The molecule has 0 heteroatoms. The maximum Gasteiger partial charge on any atom is -0.0263 e. The quantitative estimate of drug-likeness (QED) is 0.614. The van der Waals surface area contributed by atoms with Gasteiger partial charge in [-0.2, -0.15) is 0 Å². The largest absolute Gasteiger partial charge is 0.0649 e. The van der Waals surface area contributed by atoms with Crippen LogP contribution in [0.5, 0.6) is 0 Å². The van der Waals surface area contributed by atoms with Gasteiger partial charge < -0.3 is 0 Å². The minimum absolute atomic E-state index is 0.551.